The van der Waals surface area contributed by atoms with Gasteiger partial charge in [0.15, 0.2) is 5.82 Å². The van der Waals surface area contributed by atoms with Gasteiger partial charge in [0, 0.05) is 31.7 Å². The average Bonchev–Trinajstić information content (AvgIpc) is 2.74. The second-order valence-corrected chi connectivity index (χ2v) is 6.69. The Hall–Kier alpha value is -1.23. The average molecular weight is 291 g/mol. The van der Waals surface area contributed by atoms with Crippen molar-refractivity contribution in [1.29, 1.82) is 0 Å². The topological polar surface area (TPSA) is 50.3 Å². The SMILES string of the molecule is CCCn1nc(C)c(N)c1N1CC2CCCCN2CC1C. The highest BCUT2D eigenvalue weighted by atomic mass is 15.4. The summed E-state index contributed by atoms with van der Waals surface area (Å²) in [5, 5.41) is 4.65. The number of hydrogen-bond acceptors (Lipinski definition) is 4. The molecule has 2 aliphatic rings. The van der Waals surface area contributed by atoms with Crippen LogP contribution in [0.25, 0.3) is 0 Å². The van der Waals surface area contributed by atoms with Crippen LogP contribution in [0.1, 0.15) is 45.2 Å². The van der Waals surface area contributed by atoms with E-state index >= 15 is 0 Å². The standard InChI is InChI=1S/C16H29N5/c1-4-8-21-16(15(17)13(3)18-21)20-11-14-7-5-6-9-19(14)10-12(20)2/h12,14H,4-11,17H2,1-3H3. The molecule has 2 atom stereocenters. The Morgan fingerprint density at radius 2 is 2.10 bits per heavy atom. The van der Waals surface area contributed by atoms with Gasteiger partial charge in [0.2, 0.25) is 0 Å². The van der Waals surface area contributed by atoms with Gasteiger partial charge in [0.1, 0.15) is 0 Å². The van der Waals surface area contributed by atoms with Crippen molar-refractivity contribution in [1.82, 2.24) is 14.7 Å². The van der Waals surface area contributed by atoms with Crippen LogP contribution < -0.4 is 10.6 Å². The van der Waals surface area contributed by atoms with Gasteiger partial charge in [-0.2, -0.15) is 5.10 Å². The monoisotopic (exact) mass is 291 g/mol. The number of piperazine rings is 1. The minimum atomic E-state index is 0.508. The van der Waals surface area contributed by atoms with E-state index in [-0.39, 0.29) is 0 Å². The molecule has 2 saturated heterocycles. The van der Waals surface area contributed by atoms with E-state index < -0.39 is 0 Å². The summed E-state index contributed by atoms with van der Waals surface area (Å²) in [4.78, 5) is 5.19. The van der Waals surface area contributed by atoms with Gasteiger partial charge < -0.3 is 10.6 Å². The Bertz CT molecular complexity index is 495. The van der Waals surface area contributed by atoms with Crippen LogP contribution in [-0.4, -0.2) is 46.4 Å². The lowest BCUT2D eigenvalue weighted by atomic mass is 9.97. The van der Waals surface area contributed by atoms with Gasteiger partial charge >= 0.3 is 0 Å². The predicted octanol–water partition coefficient (Wildman–Crippen LogP) is 2.25. The first kappa shape index (κ1) is 14.7. The summed E-state index contributed by atoms with van der Waals surface area (Å²) in [5.74, 6) is 1.16. The first-order valence-corrected chi connectivity index (χ1v) is 8.45. The molecule has 3 rings (SSSR count). The van der Waals surface area contributed by atoms with Crippen LogP contribution in [0.3, 0.4) is 0 Å². The maximum atomic E-state index is 6.36. The van der Waals surface area contributed by atoms with Gasteiger partial charge in [-0.3, -0.25) is 4.90 Å². The van der Waals surface area contributed by atoms with Crippen LogP contribution in [0, 0.1) is 6.92 Å². The largest absolute Gasteiger partial charge is 0.394 e. The first-order valence-electron chi connectivity index (χ1n) is 8.45. The van der Waals surface area contributed by atoms with Crippen molar-refractivity contribution in [3.05, 3.63) is 5.69 Å². The lowest BCUT2D eigenvalue weighted by Crippen LogP contribution is -2.59. The minimum absolute atomic E-state index is 0.508. The molecule has 1 aromatic heterocycles. The van der Waals surface area contributed by atoms with E-state index in [0.717, 1.165) is 43.3 Å². The number of rotatable bonds is 3. The van der Waals surface area contributed by atoms with E-state index in [1.54, 1.807) is 0 Å². The van der Waals surface area contributed by atoms with E-state index in [0.29, 0.717) is 12.1 Å². The van der Waals surface area contributed by atoms with Crippen molar-refractivity contribution in [2.45, 2.75) is 65.1 Å². The molecule has 0 saturated carbocycles. The molecule has 3 heterocycles. The molecular formula is C16H29N5. The van der Waals surface area contributed by atoms with Crippen molar-refractivity contribution in [2.75, 3.05) is 30.3 Å². The highest BCUT2D eigenvalue weighted by Crippen LogP contribution is 2.33. The number of hydrogen-bond donors (Lipinski definition) is 1. The highest BCUT2D eigenvalue weighted by molar-refractivity contribution is 5.67. The minimum Gasteiger partial charge on any atom is -0.394 e. The van der Waals surface area contributed by atoms with Gasteiger partial charge in [-0.25, -0.2) is 4.68 Å². The Morgan fingerprint density at radius 3 is 2.86 bits per heavy atom. The molecule has 0 aliphatic carbocycles. The molecule has 2 N–H and O–H groups in total. The molecular weight excluding hydrogens is 262 g/mol. The maximum Gasteiger partial charge on any atom is 0.151 e. The summed E-state index contributed by atoms with van der Waals surface area (Å²) in [6.07, 6.45) is 5.14. The zero-order chi connectivity index (χ0) is 15.0. The second kappa shape index (κ2) is 5.87. The van der Waals surface area contributed by atoms with Crippen molar-refractivity contribution < 1.29 is 0 Å². The lowest BCUT2D eigenvalue weighted by Gasteiger charge is -2.48. The van der Waals surface area contributed by atoms with E-state index in [4.69, 9.17) is 5.73 Å². The summed E-state index contributed by atoms with van der Waals surface area (Å²) in [6, 6.07) is 1.20. The van der Waals surface area contributed by atoms with Crippen molar-refractivity contribution in [3.63, 3.8) is 0 Å². The fraction of sp³-hybridized carbons (Fsp3) is 0.812. The predicted molar refractivity (Wildman–Crippen MR) is 87.7 cm³/mol. The number of nitrogens with two attached hydrogens (primary N) is 1. The third kappa shape index (κ3) is 2.63. The fourth-order valence-corrected chi connectivity index (χ4v) is 3.90. The number of aryl methyl sites for hydroxylation is 2. The number of nitrogens with zero attached hydrogens (tertiary/aromatic N) is 4. The van der Waals surface area contributed by atoms with Crippen LogP contribution in [0.5, 0.6) is 0 Å². The smallest absolute Gasteiger partial charge is 0.151 e. The number of aromatic nitrogens is 2. The summed E-state index contributed by atoms with van der Waals surface area (Å²) < 4.78 is 2.12. The Balaban J connectivity index is 1.88. The van der Waals surface area contributed by atoms with Crippen LogP contribution in [0.2, 0.25) is 0 Å². The van der Waals surface area contributed by atoms with Crippen LogP contribution in [0.4, 0.5) is 11.5 Å². The molecule has 0 radical (unpaired) electrons. The van der Waals surface area contributed by atoms with Crippen LogP contribution in [-0.2, 0) is 6.54 Å². The van der Waals surface area contributed by atoms with Crippen LogP contribution in [0.15, 0.2) is 0 Å². The number of anilines is 2. The quantitative estimate of drug-likeness (QED) is 0.928. The number of fused-ring (bicyclic) bond motifs is 1. The van der Waals surface area contributed by atoms with E-state index in [2.05, 4.69) is 33.4 Å². The Kier molecular flexibility index (Phi) is 4.11. The van der Waals surface area contributed by atoms with Crippen molar-refractivity contribution in [3.8, 4) is 0 Å². The van der Waals surface area contributed by atoms with E-state index in [1.165, 1.54) is 25.8 Å². The molecule has 2 unspecified atom stereocenters. The summed E-state index contributed by atoms with van der Waals surface area (Å²) in [6.45, 7) is 11.0. The zero-order valence-electron chi connectivity index (χ0n) is 13.7. The lowest BCUT2D eigenvalue weighted by molar-refractivity contribution is 0.115. The first-order chi connectivity index (χ1) is 10.1. The Morgan fingerprint density at radius 1 is 1.29 bits per heavy atom. The number of piperidine rings is 1. The normalized spacial score (nSPS) is 26.9. The highest BCUT2D eigenvalue weighted by Gasteiger charge is 2.35. The van der Waals surface area contributed by atoms with E-state index in [1.807, 2.05) is 6.92 Å². The van der Waals surface area contributed by atoms with Crippen molar-refractivity contribution in [2.24, 2.45) is 0 Å². The van der Waals surface area contributed by atoms with E-state index in [9.17, 15) is 0 Å². The van der Waals surface area contributed by atoms with Gasteiger partial charge in [-0.05, 0) is 39.7 Å². The Labute approximate surface area is 128 Å². The molecule has 5 nitrogen and oxygen atoms in total. The second-order valence-electron chi connectivity index (χ2n) is 6.69. The molecule has 118 valence electrons. The molecule has 21 heavy (non-hydrogen) atoms. The molecule has 0 bridgehead atoms. The van der Waals surface area contributed by atoms with Gasteiger partial charge in [0.05, 0.1) is 11.4 Å². The molecule has 0 amide bonds. The summed E-state index contributed by atoms with van der Waals surface area (Å²) in [5.41, 5.74) is 8.20. The maximum absolute atomic E-state index is 6.36. The third-order valence-electron chi connectivity index (χ3n) is 5.04. The molecule has 5 heteroatoms. The van der Waals surface area contributed by atoms with Gasteiger partial charge in [-0.1, -0.05) is 13.3 Å². The third-order valence-corrected chi connectivity index (χ3v) is 5.04. The molecule has 1 aromatic rings. The summed E-state index contributed by atoms with van der Waals surface area (Å²) in [7, 11) is 0. The summed E-state index contributed by atoms with van der Waals surface area (Å²) >= 11 is 0. The van der Waals surface area contributed by atoms with Crippen molar-refractivity contribution >= 4 is 11.5 Å². The molecule has 2 fully saturated rings. The fourth-order valence-electron chi connectivity index (χ4n) is 3.90. The molecule has 2 aliphatic heterocycles. The zero-order valence-corrected chi connectivity index (χ0v) is 13.7. The molecule has 0 aromatic carbocycles. The van der Waals surface area contributed by atoms with Crippen LogP contribution >= 0.6 is 0 Å². The number of nitrogen functional groups attached to an aromatic ring is 1. The molecule has 0 spiro atoms. The van der Waals surface area contributed by atoms with Gasteiger partial charge in [-0.15, -0.1) is 0 Å². The van der Waals surface area contributed by atoms with Gasteiger partial charge in [0.25, 0.3) is 0 Å².